The smallest absolute Gasteiger partial charge is 0.311 e. The molecule has 0 spiro atoms. The van der Waals surface area contributed by atoms with Gasteiger partial charge in [-0.25, -0.2) is 9.37 Å². The predicted octanol–water partition coefficient (Wildman–Crippen LogP) is 5.62. The number of nitrogens with one attached hydrogen (secondary N) is 1. The van der Waals surface area contributed by atoms with Crippen LogP contribution in [0.1, 0.15) is 37.6 Å². The van der Waals surface area contributed by atoms with Crippen molar-refractivity contribution in [2.24, 2.45) is 5.10 Å². The molecule has 1 aromatic heterocycles. The van der Waals surface area contributed by atoms with Gasteiger partial charge in [-0.1, -0.05) is 41.9 Å². The lowest BCUT2D eigenvalue weighted by molar-refractivity contribution is -0.385. The van der Waals surface area contributed by atoms with Gasteiger partial charge in [-0.2, -0.15) is 9.78 Å². The monoisotopic (exact) mass is 595 g/mol. The highest BCUT2D eigenvalue weighted by Gasteiger charge is 2.21. The Hall–Kier alpha value is -4.45. The SMILES string of the molecule is CC[C@H](C)c1nc2ccc(Br)cc2c(=O)n1N=Cc1cccc([N+](=O)[O-])c1OCC(=O)Nc1cccc(F)c1. The summed E-state index contributed by atoms with van der Waals surface area (Å²) < 4.78 is 20.8. The maximum atomic E-state index is 13.4. The minimum atomic E-state index is -0.652. The molecule has 0 aliphatic carbocycles. The van der Waals surface area contributed by atoms with E-state index in [1.807, 2.05) is 13.8 Å². The molecule has 0 aliphatic heterocycles. The summed E-state index contributed by atoms with van der Waals surface area (Å²) in [5.74, 6) is -1.09. The summed E-state index contributed by atoms with van der Waals surface area (Å²) in [5.41, 5.74) is 0.0934. The number of fused-ring (bicyclic) bond motifs is 1. The average molecular weight is 596 g/mol. The molecule has 0 saturated heterocycles. The van der Waals surface area contributed by atoms with Crippen LogP contribution in [0.15, 0.2) is 75.0 Å². The van der Waals surface area contributed by atoms with E-state index in [2.05, 4.69) is 31.3 Å². The lowest BCUT2D eigenvalue weighted by Crippen LogP contribution is -2.24. The zero-order valence-electron chi connectivity index (χ0n) is 20.9. The zero-order chi connectivity index (χ0) is 28.1. The van der Waals surface area contributed by atoms with E-state index in [9.17, 15) is 24.1 Å². The third-order valence-electron chi connectivity index (χ3n) is 5.88. The van der Waals surface area contributed by atoms with Crippen LogP contribution >= 0.6 is 15.9 Å². The Morgan fingerprint density at radius 2 is 2.03 bits per heavy atom. The summed E-state index contributed by atoms with van der Waals surface area (Å²) in [5, 5.41) is 18.9. The number of benzene rings is 3. The average Bonchev–Trinajstić information content (AvgIpc) is 2.91. The second kappa shape index (κ2) is 11.9. The van der Waals surface area contributed by atoms with Crippen LogP contribution in [0.25, 0.3) is 10.9 Å². The summed E-state index contributed by atoms with van der Waals surface area (Å²) in [6.45, 7) is 3.28. The number of ether oxygens (including phenoxy) is 1. The lowest BCUT2D eigenvalue weighted by atomic mass is 10.1. The van der Waals surface area contributed by atoms with Gasteiger partial charge < -0.3 is 10.1 Å². The van der Waals surface area contributed by atoms with E-state index in [-0.39, 0.29) is 22.9 Å². The van der Waals surface area contributed by atoms with Crippen molar-refractivity contribution in [3.8, 4) is 5.75 Å². The summed E-state index contributed by atoms with van der Waals surface area (Å²) in [6, 6.07) is 14.6. The van der Waals surface area contributed by atoms with Gasteiger partial charge in [0.05, 0.1) is 22.0 Å². The van der Waals surface area contributed by atoms with Crippen molar-refractivity contribution < 1.29 is 18.8 Å². The van der Waals surface area contributed by atoms with Gasteiger partial charge in [-0.15, -0.1) is 0 Å². The number of anilines is 1. The van der Waals surface area contributed by atoms with Gasteiger partial charge >= 0.3 is 5.69 Å². The third-order valence-corrected chi connectivity index (χ3v) is 6.37. The van der Waals surface area contributed by atoms with E-state index >= 15 is 0 Å². The first-order valence-corrected chi connectivity index (χ1v) is 12.7. The molecule has 1 atom stereocenters. The van der Waals surface area contributed by atoms with Crippen LogP contribution in [0, 0.1) is 15.9 Å². The Kier molecular flexibility index (Phi) is 8.45. The Morgan fingerprint density at radius 3 is 2.74 bits per heavy atom. The minimum Gasteiger partial charge on any atom is -0.476 e. The first-order valence-electron chi connectivity index (χ1n) is 11.9. The van der Waals surface area contributed by atoms with Crippen LogP contribution < -0.4 is 15.6 Å². The number of nitro groups is 1. The molecule has 0 saturated carbocycles. The molecule has 0 unspecified atom stereocenters. The van der Waals surface area contributed by atoms with E-state index in [1.54, 1.807) is 18.2 Å². The number of para-hydroxylation sites is 1. The molecule has 200 valence electrons. The van der Waals surface area contributed by atoms with Crippen molar-refractivity contribution in [2.75, 3.05) is 11.9 Å². The molecule has 0 aliphatic rings. The van der Waals surface area contributed by atoms with Gasteiger partial charge in [0.25, 0.3) is 11.5 Å². The number of carbonyl (C=O) groups is 1. The Labute approximate surface area is 230 Å². The van der Waals surface area contributed by atoms with Crippen molar-refractivity contribution >= 4 is 50.3 Å². The van der Waals surface area contributed by atoms with Crippen LogP contribution in [0.2, 0.25) is 0 Å². The fourth-order valence-electron chi connectivity index (χ4n) is 3.74. The molecule has 10 nitrogen and oxygen atoms in total. The molecule has 39 heavy (non-hydrogen) atoms. The zero-order valence-corrected chi connectivity index (χ0v) is 22.5. The quantitative estimate of drug-likeness (QED) is 0.152. The molecule has 4 rings (SSSR count). The minimum absolute atomic E-state index is 0.116. The van der Waals surface area contributed by atoms with Crippen LogP contribution in [0.4, 0.5) is 15.8 Å². The molecular formula is C27H23BrFN5O5. The first-order chi connectivity index (χ1) is 18.7. The number of rotatable bonds is 9. The van der Waals surface area contributed by atoms with Crippen molar-refractivity contribution in [1.82, 2.24) is 9.66 Å². The number of aromatic nitrogens is 2. The topological polar surface area (TPSA) is 129 Å². The molecule has 12 heteroatoms. The van der Waals surface area contributed by atoms with E-state index in [0.29, 0.717) is 27.6 Å². The summed E-state index contributed by atoms with van der Waals surface area (Å²) >= 11 is 3.37. The Balaban J connectivity index is 1.71. The molecule has 0 fully saturated rings. The molecular weight excluding hydrogens is 573 g/mol. The molecule has 3 aromatic carbocycles. The Morgan fingerprint density at radius 1 is 1.26 bits per heavy atom. The molecule has 1 N–H and O–H groups in total. The van der Waals surface area contributed by atoms with Crippen LogP contribution in [0.5, 0.6) is 5.75 Å². The number of nitro benzene ring substituents is 1. The number of amides is 1. The van der Waals surface area contributed by atoms with Crippen molar-refractivity contribution in [1.29, 1.82) is 0 Å². The van der Waals surface area contributed by atoms with E-state index < -0.39 is 34.5 Å². The third kappa shape index (κ3) is 6.34. The second-order valence-corrected chi connectivity index (χ2v) is 9.52. The van der Waals surface area contributed by atoms with E-state index in [4.69, 9.17) is 4.74 Å². The highest BCUT2D eigenvalue weighted by molar-refractivity contribution is 9.10. The van der Waals surface area contributed by atoms with Gasteiger partial charge in [0.15, 0.2) is 6.61 Å². The lowest BCUT2D eigenvalue weighted by Gasteiger charge is -2.14. The van der Waals surface area contributed by atoms with E-state index in [0.717, 1.165) is 6.07 Å². The Bertz CT molecular complexity index is 1660. The molecule has 1 amide bonds. The standard InChI is InChI=1S/C27H23BrFN5O5/c1-3-16(2)26-32-22-11-10-18(28)12-21(22)27(36)33(26)30-14-17-6-4-9-23(34(37)38)25(17)39-15-24(35)31-20-8-5-7-19(29)13-20/h4-14,16H,3,15H2,1-2H3,(H,31,35)/t16-/m0/s1. The molecule has 4 aromatic rings. The number of nitrogens with zero attached hydrogens (tertiary/aromatic N) is 4. The number of carbonyl (C=O) groups excluding carboxylic acids is 1. The molecule has 0 radical (unpaired) electrons. The molecule has 1 heterocycles. The van der Waals surface area contributed by atoms with Gasteiger partial charge in [0.2, 0.25) is 5.75 Å². The maximum absolute atomic E-state index is 13.4. The predicted molar refractivity (Wildman–Crippen MR) is 149 cm³/mol. The highest BCUT2D eigenvalue weighted by Crippen LogP contribution is 2.30. The number of halogens is 2. The van der Waals surface area contributed by atoms with Crippen molar-refractivity contribution in [3.05, 3.63) is 103 Å². The molecule has 0 bridgehead atoms. The van der Waals surface area contributed by atoms with Crippen molar-refractivity contribution in [3.63, 3.8) is 0 Å². The van der Waals surface area contributed by atoms with E-state index in [1.165, 1.54) is 47.3 Å². The van der Waals surface area contributed by atoms with Crippen molar-refractivity contribution in [2.45, 2.75) is 26.2 Å². The number of hydrogen-bond donors (Lipinski definition) is 1. The highest BCUT2D eigenvalue weighted by atomic mass is 79.9. The maximum Gasteiger partial charge on any atom is 0.311 e. The van der Waals surface area contributed by atoms with Crippen LogP contribution in [-0.2, 0) is 4.79 Å². The summed E-state index contributed by atoms with van der Waals surface area (Å²) in [6.07, 6.45) is 1.95. The van der Waals surface area contributed by atoms with Crippen LogP contribution in [-0.4, -0.2) is 33.3 Å². The first kappa shape index (κ1) is 27.6. The van der Waals surface area contributed by atoms with Gasteiger partial charge in [-0.05, 0) is 48.9 Å². The fourth-order valence-corrected chi connectivity index (χ4v) is 4.11. The fraction of sp³-hybridized carbons (Fsp3) is 0.185. The second-order valence-electron chi connectivity index (χ2n) is 8.60. The normalized spacial score (nSPS) is 12.0. The number of hydrogen-bond acceptors (Lipinski definition) is 7. The van der Waals surface area contributed by atoms with Crippen LogP contribution in [0.3, 0.4) is 0 Å². The van der Waals surface area contributed by atoms with Gasteiger partial charge in [-0.3, -0.25) is 19.7 Å². The summed E-state index contributed by atoms with van der Waals surface area (Å²) in [4.78, 5) is 41.5. The van der Waals surface area contributed by atoms with Gasteiger partial charge in [0.1, 0.15) is 11.6 Å². The summed E-state index contributed by atoms with van der Waals surface area (Å²) in [7, 11) is 0. The van der Waals surface area contributed by atoms with Gasteiger partial charge in [0, 0.05) is 27.7 Å². The largest absolute Gasteiger partial charge is 0.476 e.